The summed E-state index contributed by atoms with van der Waals surface area (Å²) in [7, 11) is 0. The molecular formula is C30H35NO5. The fourth-order valence-electron chi connectivity index (χ4n) is 4.25. The highest BCUT2D eigenvalue weighted by molar-refractivity contribution is 5.94. The SMILES string of the molecule is [2H]C(C)(C)N(Cc1cc(C2CC2)ccc1OCCCCCC(=O)O)C(=O)c1ccc(-c2ccco2)cc1. The second-order valence-electron chi connectivity index (χ2n) is 9.59. The Bertz CT molecular complexity index is 1190. The van der Waals surface area contributed by atoms with Crippen molar-refractivity contribution in [3.05, 3.63) is 77.6 Å². The topological polar surface area (TPSA) is 80.0 Å². The molecule has 1 N–H and O–H groups in total. The lowest BCUT2D eigenvalue weighted by molar-refractivity contribution is -0.137. The van der Waals surface area contributed by atoms with Crippen LogP contribution < -0.4 is 4.74 Å². The number of nitrogens with zero attached hydrogens (tertiary/aromatic N) is 1. The zero-order valence-electron chi connectivity index (χ0n) is 22.0. The van der Waals surface area contributed by atoms with Crippen molar-refractivity contribution in [1.29, 1.82) is 0 Å². The molecule has 0 aliphatic heterocycles. The maximum atomic E-state index is 13.6. The molecule has 1 saturated carbocycles. The van der Waals surface area contributed by atoms with Crippen LogP contribution in [0, 0.1) is 0 Å². The molecule has 1 fully saturated rings. The van der Waals surface area contributed by atoms with Gasteiger partial charge in [0.2, 0.25) is 0 Å². The quantitative estimate of drug-likeness (QED) is 0.264. The van der Waals surface area contributed by atoms with Gasteiger partial charge in [-0.25, -0.2) is 0 Å². The zero-order valence-corrected chi connectivity index (χ0v) is 21.0. The average Bonchev–Trinajstić information content (AvgIpc) is 3.57. The molecule has 0 saturated heterocycles. The van der Waals surface area contributed by atoms with Crippen molar-refractivity contribution in [1.82, 2.24) is 4.90 Å². The fourth-order valence-corrected chi connectivity index (χ4v) is 4.25. The van der Waals surface area contributed by atoms with Gasteiger partial charge in [0, 0.05) is 35.7 Å². The molecule has 0 unspecified atom stereocenters. The predicted molar refractivity (Wildman–Crippen MR) is 139 cm³/mol. The van der Waals surface area contributed by atoms with Crippen molar-refractivity contribution in [3.8, 4) is 17.1 Å². The van der Waals surface area contributed by atoms with Crippen LogP contribution in [-0.2, 0) is 11.3 Å². The van der Waals surface area contributed by atoms with Crippen LogP contribution in [-0.4, -0.2) is 34.5 Å². The van der Waals surface area contributed by atoms with Crippen molar-refractivity contribution in [3.63, 3.8) is 0 Å². The lowest BCUT2D eigenvalue weighted by Gasteiger charge is -2.28. The summed E-state index contributed by atoms with van der Waals surface area (Å²) < 4.78 is 20.3. The standard InChI is InChI=1S/C30H35NO5/c1-21(2)31(30(34)24-13-11-23(12-14-24)27-7-6-18-36-27)20-26-19-25(22-9-10-22)15-16-28(26)35-17-5-3-4-8-29(32)33/h6-7,11-16,18-19,21-22H,3-5,8-10,17,20H2,1-2H3,(H,32,33)/i21D. The minimum Gasteiger partial charge on any atom is -0.493 e. The molecule has 1 amide bonds. The Morgan fingerprint density at radius 1 is 1.11 bits per heavy atom. The molecule has 36 heavy (non-hydrogen) atoms. The number of carboxylic acid groups (broad SMARTS) is 1. The van der Waals surface area contributed by atoms with Crippen LogP contribution in [0.15, 0.2) is 65.3 Å². The molecule has 6 nitrogen and oxygen atoms in total. The zero-order chi connectivity index (χ0) is 26.4. The second-order valence-corrected chi connectivity index (χ2v) is 9.59. The summed E-state index contributed by atoms with van der Waals surface area (Å²) in [5.74, 6) is 0.988. The number of aliphatic carboxylic acids is 1. The Balaban J connectivity index is 1.51. The molecule has 0 bridgehead atoms. The van der Waals surface area contributed by atoms with E-state index in [-0.39, 0.29) is 18.9 Å². The van der Waals surface area contributed by atoms with Gasteiger partial charge in [-0.2, -0.15) is 0 Å². The van der Waals surface area contributed by atoms with Crippen molar-refractivity contribution >= 4 is 11.9 Å². The van der Waals surface area contributed by atoms with Crippen molar-refractivity contribution < 1.29 is 25.2 Å². The highest BCUT2D eigenvalue weighted by Gasteiger charge is 2.26. The average molecular weight is 491 g/mol. The lowest BCUT2D eigenvalue weighted by atomic mass is 10.0. The molecule has 0 spiro atoms. The van der Waals surface area contributed by atoms with E-state index in [4.69, 9.17) is 15.6 Å². The number of carbonyl (C=O) groups excluding carboxylic acids is 1. The summed E-state index contributed by atoms with van der Waals surface area (Å²) in [6, 6.07) is 16.0. The third-order valence-electron chi connectivity index (χ3n) is 6.48. The van der Waals surface area contributed by atoms with Crippen molar-refractivity contribution in [2.24, 2.45) is 0 Å². The summed E-state index contributed by atoms with van der Waals surface area (Å²) in [5.41, 5.74) is 3.52. The molecule has 1 aliphatic rings. The van der Waals surface area contributed by atoms with E-state index < -0.39 is 12.0 Å². The number of amides is 1. The normalized spacial score (nSPS) is 13.8. The summed E-state index contributed by atoms with van der Waals surface area (Å²) in [6.45, 7) is 4.16. The van der Waals surface area contributed by atoms with E-state index in [9.17, 15) is 9.59 Å². The van der Waals surface area contributed by atoms with E-state index in [1.165, 1.54) is 5.56 Å². The molecule has 2 aromatic carbocycles. The molecule has 6 heteroatoms. The van der Waals surface area contributed by atoms with Gasteiger partial charge in [0.1, 0.15) is 11.5 Å². The third kappa shape index (κ3) is 6.78. The highest BCUT2D eigenvalue weighted by Crippen LogP contribution is 2.41. The lowest BCUT2D eigenvalue weighted by Crippen LogP contribution is -2.36. The highest BCUT2D eigenvalue weighted by atomic mass is 16.5. The summed E-state index contributed by atoms with van der Waals surface area (Å²) in [6.07, 6.45) is 6.27. The van der Waals surface area contributed by atoms with Gasteiger partial charge in [0.15, 0.2) is 0 Å². The van der Waals surface area contributed by atoms with E-state index in [0.717, 1.165) is 42.6 Å². The van der Waals surface area contributed by atoms with Crippen LogP contribution in [0.25, 0.3) is 11.3 Å². The number of carboxylic acids is 1. The molecular weight excluding hydrogens is 454 g/mol. The number of ether oxygens (including phenoxy) is 1. The maximum Gasteiger partial charge on any atom is 0.303 e. The van der Waals surface area contributed by atoms with E-state index in [0.29, 0.717) is 30.3 Å². The van der Waals surface area contributed by atoms with E-state index in [1.807, 2.05) is 30.3 Å². The maximum absolute atomic E-state index is 13.6. The number of carbonyl (C=O) groups is 2. The second kappa shape index (κ2) is 11.9. The van der Waals surface area contributed by atoms with Gasteiger partial charge in [-0.05, 0) is 87.8 Å². The van der Waals surface area contributed by atoms with Gasteiger partial charge in [-0.3, -0.25) is 9.59 Å². The minimum atomic E-state index is -1.15. The summed E-state index contributed by atoms with van der Waals surface area (Å²) in [4.78, 5) is 25.9. The minimum absolute atomic E-state index is 0.166. The fraction of sp³-hybridized carbons (Fsp3) is 0.400. The number of hydrogen-bond donors (Lipinski definition) is 1. The van der Waals surface area contributed by atoms with Crippen LogP contribution in [0.5, 0.6) is 5.75 Å². The first kappa shape index (κ1) is 24.2. The van der Waals surface area contributed by atoms with Crippen molar-refractivity contribution in [2.45, 2.75) is 70.9 Å². The largest absolute Gasteiger partial charge is 0.493 e. The third-order valence-corrected chi connectivity index (χ3v) is 6.48. The number of unbranched alkanes of at least 4 members (excludes halogenated alkanes) is 2. The number of rotatable bonds is 13. The van der Waals surface area contributed by atoms with Crippen LogP contribution in [0.2, 0.25) is 0 Å². The molecule has 1 heterocycles. The number of hydrogen-bond acceptors (Lipinski definition) is 4. The first-order valence-electron chi connectivity index (χ1n) is 13.2. The summed E-state index contributed by atoms with van der Waals surface area (Å²) in [5, 5.41) is 8.81. The van der Waals surface area contributed by atoms with Crippen LogP contribution in [0.3, 0.4) is 0 Å². The first-order chi connectivity index (χ1) is 17.7. The Kier molecular flexibility index (Phi) is 8.01. The van der Waals surface area contributed by atoms with Crippen molar-refractivity contribution in [2.75, 3.05) is 6.61 Å². The Morgan fingerprint density at radius 2 is 1.89 bits per heavy atom. The van der Waals surface area contributed by atoms with E-state index in [1.54, 1.807) is 37.1 Å². The van der Waals surface area contributed by atoms with E-state index >= 15 is 0 Å². The van der Waals surface area contributed by atoms with Gasteiger partial charge in [0.05, 0.1) is 14.2 Å². The monoisotopic (exact) mass is 490 g/mol. The first-order valence-corrected chi connectivity index (χ1v) is 12.7. The molecule has 1 aliphatic carbocycles. The molecule has 3 aromatic rings. The molecule has 0 radical (unpaired) electrons. The van der Waals surface area contributed by atoms with Crippen LogP contribution >= 0.6 is 0 Å². The van der Waals surface area contributed by atoms with Gasteiger partial charge in [-0.15, -0.1) is 0 Å². The number of furan rings is 1. The molecule has 0 atom stereocenters. The Labute approximate surface area is 214 Å². The van der Waals surface area contributed by atoms with Gasteiger partial charge >= 0.3 is 5.97 Å². The van der Waals surface area contributed by atoms with Gasteiger partial charge in [-0.1, -0.05) is 24.3 Å². The Hall–Kier alpha value is -3.54. The predicted octanol–water partition coefficient (Wildman–Crippen LogP) is 6.90. The van der Waals surface area contributed by atoms with E-state index in [2.05, 4.69) is 12.1 Å². The van der Waals surface area contributed by atoms with Crippen LogP contribution in [0.4, 0.5) is 0 Å². The number of benzene rings is 2. The van der Waals surface area contributed by atoms with Crippen LogP contribution in [0.1, 0.15) is 81.1 Å². The molecule has 1 aromatic heterocycles. The summed E-state index contributed by atoms with van der Waals surface area (Å²) >= 11 is 0. The molecule has 190 valence electrons. The Morgan fingerprint density at radius 3 is 2.53 bits per heavy atom. The molecule has 4 rings (SSSR count). The smallest absolute Gasteiger partial charge is 0.303 e. The van der Waals surface area contributed by atoms with Gasteiger partial charge in [0.25, 0.3) is 5.91 Å². The van der Waals surface area contributed by atoms with Gasteiger partial charge < -0.3 is 19.2 Å².